The van der Waals surface area contributed by atoms with Gasteiger partial charge in [0.15, 0.2) is 0 Å². The second kappa shape index (κ2) is 4.96. The summed E-state index contributed by atoms with van der Waals surface area (Å²) in [5.41, 5.74) is 6.06. The number of hydrogen-bond acceptors (Lipinski definition) is 4. The number of carbonyl (C=O) groups is 1. The smallest absolute Gasteiger partial charge is 0.266 e. The molecule has 1 saturated heterocycles. The molecule has 2 N–H and O–H groups in total. The van der Waals surface area contributed by atoms with Gasteiger partial charge in [0.2, 0.25) is 0 Å². The van der Waals surface area contributed by atoms with Crippen molar-refractivity contribution in [1.82, 2.24) is 4.90 Å². The van der Waals surface area contributed by atoms with Crippen molar-refractivity contribution in [3.63, 3.8) is 0 Å². The van der Waals surface area contributed by atoms with Crippen LogP contribution in [-0.4, -0.2) is 36.1 Å². The van der Waals surface area contributed by atoms with Gasteiger partial charge in [0.1, 0.15) is 10.7 Å². The number of anilines is 1. The van der Waals surface area contributed by atoms with E-state index >= 15 is 0 Å². The predicted molar refractivity (Wildman–Crippen MR) is 82.1 cm³/mol. The second-order valence-electron chi connectivity index (χ2n) is 5.81. The van der Waals surface area contributed by atoms with Gasteiger partial charge in [-0.3, -0.25) is 4.79 Å². The standard InChI is InChI=1S/C15H17FN2O2S/c1-15(2)8-20-6-5-18(15)14(19)13-12(17)10-7-9(16)3-4-11(10)21-13/h3-4,7H,5-6,8,17H2,1-2H3. The highest BCUT2D eigenvalue weighted by atomic mass is 32.1. The van der Waals surface area contributed by atoms with E-state index in [9.17, 15) is 9.18 Å². The van der Waals surface area contributed by atoms with Crippen molar-refractivity contribution in [3.05, 3.63) is 28.9 Å². The molecule has 0 unspecified atom stereocenters. The summed E-state index contributed by atoms with van der Waals surface area (Å²) < 4.78 is 19.6. The van der Waals surface area contributed by atoms with Crippen LogP contribution in [-0.2, 0) is 4.74 Å². The highest BCUT2D eigenvalue weighted by Gasteiger charge is 2.36. The number of benzene rings is 1. The van der Waals surface area contributed by atoms with Crippen LogP contribution >= 0.6 is 11.3 Å². The van der Waals surface area contributed by atoms with E-state index in [-0.39, 0.29) is 17.3 Å². The van der Waals surface area contributed by atoms with Gasteiger partial charge in [-0.25, -0.2) is 4.39 Å². The molecule has 0 saturated carbocycles. The number of ether oxygens (including phenoxy) is 1. The van der Waals surface area contributed by atoms with Crippen LogP contribution in [0.3, 0.4) is 0 Å². The van der Waals surface area contributed by atoms with Crippen molar-refractivity contribution in [1.29, 1.82) is 0 Å². The van der Waals surface area contributed by atoms with Gasteiger partial charge < -0.3 is 15.4 Å². The number of nitrogens with two attached hydrogens (primary N) is 1. The number of amides is 1. The molecule has 1 fully saturated rings. The van der Waals surface area contributed by atoms with Crippen LogP contribution in [0.2, 0.25) is 0 Å². The zero-order chi connectivity index (χ0) is 15.2. The monoisotopic (exact) mass is 308 g/mol. The molecule has 1 amide bonds. The van der Waals surface area contributed by atoms with Gasteiger partial charge in [-0.05, 0) is 32.0 Å². The van der Waals surface area contributed by atoms with Crippen molar-refractivity contribution < 1.29 is 13.9 Å². The van der Waals surface area contributed by atoms with E-state index in [1.807, 2.05) is 13.8 Å². The van der Waals surface area contributed by atoms with Crippen molar-refractivity contribution in [2.75, 3.05) is 25.5 Å². The number of fused-ring (bicyclic) bond motifs is 1. The summed E-state index contributed by atoms with van der Waals surface area (Å²) in [6, 6.07) is 4.42. The second-order valence-corrected chi connectivity index (χ2v) is 6.86. The number of carbonyl (C=O) groups excluding carboxylic acids is 1. The topological polar surface area (TPSA) is 55.6 Å². The molecule has 6 heteroatoms. The first-order chi connectivity index (χ1) is 9.90. The van der Waals surface area contributed by atoms with Crippen molar-refractivity contribution in [2.24, 2.45) is 0 Å². The lowest BCUT2D eigenvalue weighted by Gasteiger charge is -2.41. The van der Waals surface area contributed by atoms with E-state index in [2.05, 4.69) is 0 Å². The summed E-state index contributed by atoms with van der Waals surface area (Å²) in [6.07, 6.45) is 0. The largest absolute Gasteiger partial charge is 0.397 e. The van der Waals surface area contributed by atoms with E-state index in [4.69, 9.17) is 10.5 Å². The molecule has 3 rings (SSSR count). The summed E-state index contributed by atoms with van der Waals surface area (Å²) in [6.45, 7) is 5.49. The zero-order valence-corrected chi connectivity index (χ0v) is 12.8. The molecule has 0 bridgehead atoms. The third kappa shape index (κ3) is 2.38. The van der Waals surface area contributed by atoms with E-state index in [0.29, 0.717) is 35.7 Å². The van der Waals surface area contributed by atoms with Crippen LogP contribution in [0, 0.1) is 5.82 Å². The summed E-state index contributed by atoms with van der Waals surface area (Å²) >= 11 is 1.31. The van der Waals surface area contributed by atoms with Crippen molar-refractivity contribution in [2.45, 2.75) is 19.4 Å². The first-order valence-electron chi connectivity index (χ1n) is 6.77. The van der Waals surface area contributed by atoms with Crippen molar-refractivity contribution >= 4 is 33.0 Å². The molecule has 4 nitrogen and oxygen atoms in total. The van der Waals surface area contributed by atoms with Gasteiger partial charge >= 0.3 is 0 Å². The Kier molecular flexibility index (Phi) is 3.37. The third-order valence-electron chi connectivity index (χ3n) is 3.77. The molecular formula is C15H17FN2O2S. The third-order valence-corrected chi connectivity index (χ3v) is 4.95. The average molecular weight is 308 g/mol. The van der Waals surface area contributed by atoms with Gasteiger partial charge in [0.25, 0.3) is 5.91 Å². The Hall–Kier alpha value is -1.66. The maximum atomic E-state index is 13.3. The number of morpholine rings is 1. The molecule has 0 radical (unpaired) electrons. The Morgan fingerprint density at radius 3 is 2.95 bits per heavy atom. The first kappa shape index (κ1) is 14.3. The first-order valence-corrected chi connectivity index (χ1v) is 7.59. The Bertz CT molecular complexity index is 711. The molecule has 0 spiro atoms. The molecule has 1 aliphatic heterocycles. The molecule has 1 aromatic carbocycles. The lowest BCUT2D eigenvalue weighted by molar-refractivity contribution is -0.0368. The summed E-state index contributed by atoms with van der Waals surface area (Å²) in [5, 5.41) is 0.606. The highest BCUT2D eigenvalue weighted by molar-refractivity contribution is 7.21. The summed E-state index contributed by atoms with van der Waals surface area (Å²) in [7, 11) is 0. The van der Waals surface area contributed by atoms with Crippen LogP contribution in [0.5, 0.6) is 0 Å². The number of hydrogen-bond donors (Lipinski definition) is 1. The minimum Gasteiger partial charge on any atom is -0.397 e. The SMILES string of the molecule is CC1(C)COCCN1C(=O)c1sc2ccc(F)cc2c1N. The van der Waals surface area contributed by atoms with E-state index in [1.54, 1.807) is 11.0 Å². The molecule has 1 aliphatic rings. The van der Waals surface area contributed by atoms with E-state index < -0.39 is 0 Å². The minimum atomic E-state index is -0.372. The number of nitrogen functional groups attached to an aromatic ring is 1. The van der Waals surface area contributed by atoms with Crippen LogP contribution in [0.25, 0.3) is 10.1 Å². The Morgan fingerprint density at radius 2 is 2.24 bits per heavy atom. The van der Waals surface area contributed by atoms with Crippen molar-refractivity contribution in [3.8, 4) is 0 Å². The Balaban J connectivity index is 2.03. The molecule has 112 valence electrons. The molecule has 1 aromatic heterocycles. The molecule has 0 atom stereocenters. The van der Waals surface area contributed by atoms with Crippen LogP contribution in [0.1, 0.15) is 23.5 Å². The van der Waals surface area contributed by atoms with Crippen LogP contribution in [0.15, 0.2) is 18.2 Å². The number of thiophene rings is 1. The fourth-order valence-electron chi connectivity index (χ4n) is 2.61. The van der Waals surface area contributed by atoms with Crippen LogP contribution < -0.4 is 5.73 Å². The number of rotatable bonds is 1. The van der Waals surface area contributed by atoms with Crippen LogP contribution in [0.4, 0.5) is 10.1 Å². The van der Waals surface area contributed by atoms with Gasteiger partial charge in [0.05, 0.1) is 24.4 Å². The Morgan fingerprint density at radius 1 is 1.48 bits per heavy atom. The molecule has 2 heterocycles. The number of halogens is 1. The molecular weight excluding hydrogens is 291 g/mol. The lowest BCUT2D eigenvalue weighted by atomic mass is 10.0. The summed E-state index contributed by atoms with van der Waals surface area (Å²) in [5.74, 6) is -0.458. The average Bonchev–Trinajstić information content (AvgIpc) is 2.75. The predicted octanol–water partition coefficient (Wildman–Crippen LogP) is 2.87. The van der Waals surface area contributed by atoms with E-state index in [1.165, 1.54) is 23.5 Å². The fraction of sp³-hybridized carbons (Fsp3) is 0.400. The van der Waals surface area contributed by atoms with E-state index in [0.717, 1.165) is 4.70 Å². The normalized spacial score (nSPS) is 18.1. The zero-order valence-electron chi connectivity index (χ0n) is 12.0. The highest BCUT2D eigenvalue weighted by Crippen LogP contribution is 2.36. The lowest BCUT2D eigenvalue weighted by Crippen LogP contribution is -2.55. The van der Waals surface area contributed by atoms with Gasteiger partial charge in [-0.1, -0.05) is 0 Å². The summed E-state index contributed by atoms with van der Waals surface area (Å²) in [4.78, 5) is 15.1. The van der Waals surface area contributed by atoms with Gasteiger partial charge in [0, 0.05) is 16.6 Å². The molecule has 0 aliphatic carbocycles. The molecule has 21 heavy (non-hydrogen) atoms. The maximum Gasteiger partial charge on any atom is 0.266 e. The minimum absolute atomic E-state index is 0.109. The Labute approximate surface area is 126 Å². The maximum absolute atomic E-state index is 13.3. The van der Waals surface area contributed by atoms with Gasteiger partial charge in [-0.15, -0.1) is 11.3 Å². The fourth-order valence-corrected chi connectivity index (χ4v) is 3.66. The molecule has 2 aromatic rings. The number of nitrogens with zero attached hydrogens (tertiary/aromatic N) is 1. The van der Waals surface area contributed by atoms with Gasteiger partial charge in [-0.2, -0.15) is 0 Å². The quantitative estimate of drug-likeness (QED) is 0.881.